The van der Waals surface area contributed by atoms with Crippen molar-refractivity contribution in [2.45, 2.75) is 31.8 Å². The van der Waals surface area contributed by atoms with Gasteiger partial charge in [0.1, 0.15) is 6.04 Å². The molecule has 1 aliphatic heterocycles. The topological polar surface area (TPSA) is 56.0 Å². The molecule has 0 spiro atoms. The van der Waals surface area contributed by atoms with Gasteiger partial charge in [0.25, 0.3) is 0 Å². The van der Waals surface area contributed by atoms with Crippen LogP contribution in [0.3, 0.4) is 0 Å². The number of likely N-dealkylation sites (tertiary alicyclic amines) is 1. The Morgan fingerprint density at radius 3 is 3.00 bits per heavy atom. The van der Waals surface area contributed by atoms with Crippen molar-refractivity contribution < 1.29 is 4.79 Å². The molecule has 24 heavy (non-hydrogen) atoms. The molecular formula is C18H21N5O. The number of hydrogen-bond donors (Lipinski definition) is 0. The maximum absolute atomic E-state index is 13.0. The molecule has 0 bridgehead atoms. The van der Waals surface area contributed by atoms with Crippen LogP contribution in [0.1, 0.15) is 31.8 Å². The molecule has 1 aromatic carbocycles. The van der Waals surface area contributed by atoms with Gasteiger partial charge in [-0.2, -0.15) is 5.10 Å². The SMILES string of the molecule is C[C@H](C(=O)N1CCC[C@H](n2cccn2)C1)n1cnc2ccccc21. The summed E-state index contributed by atoms with van der Waals surface area (Å²) in [7, 11) is 0. The van der Waals surface area contributed by atoms with Crippen LogP contribution in [-0.2, 0) is 4.79 Å². The normalized spacial score (nSPS) is 19.5. The zero-order valence-corrected chi connectivity index (χ0v) is 13.7. The number of piperidine rings is 1. The van der Waals surface area contributed by atoms with E-state index in [9.17, 15) is 4.79 Å². The van der Waals surface area contributed by atoms with Crippen LogP contribution in [0.5, 0.6) is 0 Å². The van der Waals surface area contributed by atoms with Crippen molar-refractivity contribution in [3.05, 3.63) is 49.1 Å². The Kier molecular flexibility index (Phi) is 3.80. The number of amides is 1. The van der Waals surface area contributed by atoms with E-state index in [-0.39, 0.29) is 18.0 Å². The average molecular weight is 323 g/mol. The minimum atomic E-state index is -0.256. The van der Waals surface area contributed by atoms with E-state index in [1.165, 1.54) is 0 Å². The molecule has 3 heterocycles. The lowest BCUT2D eigenvalue weighted by Gasteiger charge is -2.34. The van der Waals surface area contributed by atoms with E-state index in [0.717, 1.165) is 37.0 Å². The summed E-state index contributed by atoms with van der Waals surface area (Å²) in [6, 6.07) is 9.86. The molecule has 1 saturated heterocycles. The van der Waals surface area contributed by atoms with Gasteiger partial charge in [-0.1, -0.05) is 12.1 Å². The van der Waals surface area contributed by atoms with Gasteiger partial charge in [-0.25, -0.2) is 4.98 Å². The van der Waals surface area contributed by atoms with Crippen LogP contribution in [0, 0.1) is 0 Å². The van der Waals surface area contributed by atoms with E-state index in [0.29, 0.717) is 0 Å². The number of aromatic nitrogens is 4. The summed E-state index contributed by atoms with van der Waals surface area (Å²) >= 11 is 0. The fourth-order valence-corrected chi connectivity index (χ4v) is 3.54. The Labute approximate surface area is 140 Å². The zero-order valence-electron chi connectivity index (χ0n) is 13.7. The molecule has 6 nitrogen and oxygen atoms in total. The highest BCUT2D eigenvalue weighted by molar-refractivity contribution is 5.83. The van der Waals surface area contributed by atoms with Gasteiger partial charge >= 0.3 is 0 Å². The van der Waals surface area contributed by atoms with Gasteiger partial charge in [0.05, 0.1) is 23.4 Å². The second kappa shape index (κ2) is 6.11. The van der Waals surface area contributed by atoms with Crippen molar-refractivity contribution in [1.29, 1.82) is 0 Å². The third-order valence-electron chi connectivity index (χ3n) is 4.86. The van der Waals surface area contributed by atoms with Crippen LogP contribution in [0.25, 0.3) is 11.0 Å². The first-order valence-corrected chi connectivity index (χ1v) is 8.43. The van der Waals surface area contributed by atoms with Crippen molar-refractivity contribution in [1.82, 2.24) is 24.2 Å². The number of rotatable bonds is 3. The number of benzene rings is 1. The Bertz CT molecular complexity index is 838. The number of hydrogen-bond acceptors (Lipinski definition) is 3. The minimum absolute atomic E-state index is 0.148. The lowest BCUT2D eigenvalue weighted by Crippen LogP contribution is -2.43. The van der Waals surface area contributed by atoms with Gasteiger partial charge in [0.15, 0.2) is 0 Å². The fraction of sp³-hybridized carbons (Fsp3) is 0.389. The fourth-order valence-electron chi connectivity index (χ4n) is 3.54. The van der Waals surface area contributed by atoms with Crippen molar-refractivity contribution in [2.24, 2.45) is 0 Å². The quantitative estimate of drug-likeness (QED) is 0.744. The molecule has 0 saturated carbocycles. The second-order valence-electron chi connectivity index (χ2n) is 6.38. The van der Waals surface area contributed by atoms with E-state index >= 15 is 0 Å². The van der Waals surface area contributed by atoms with Crippen LogP contribution in [0.15, 0.2) is 49.1 Å². The van der Waals surface area contributed by atoms with Crippen molar-refractivity contribution in [3.8, 4) is 0 Å². The molecule has 2 atom stereocenters. The van der Waals surface area contributed by atoms with E-state index in [4.69, 9.17) is 0 Å². The molecule has 4 rings (SSSR count). The standard InChI is InChI=1S/C18H21N5O/c1-14(22-13-19-16-7-2-3-8-17(16)22)18(24)21-10-4-6-15(12-21)23-11-5-9-20-23/h2-3,5,7-9,11,13-15H,4,6,10,12H2,1H3/t14-,15+/m1/s1. The maximum atomic E-state index is 13.0. The van der Waals surface area contributed by atoms with E-state index in [1.807, 2.05) is 57.6 Å². The largest absolute Gasteiger partial charge is 0.339 e. The molecule has 1 amide bonds. The predicted molar refractivity (Wildman–Crippen MR) is 91.5 cm³/mol. The lowest BCUT2D eigenvalue weighted by molar-refractivity contribution is -0.135. The van der Waals surface area contributed by atoms with Crippen molar-refractivity contribution in [2.75, 3.05) is 13.1 Å². The summed E-state index contributed by atoms with van der Waals surface area (Å²) in [6.07, 6.45) is 7.61. The molecule has 1 fully saturated rings. The molecule has 0 unspecified atom stereocenters. The summed E-state index contributed by atoms with van der Waals surface area (Å²) in [5.41, 5.74) is 1.92. The predicted octanol–water partition coefficient (Wildman–Crippen LogP) is 2.66. The first-order chi connectivity index (χ1) is 11.7. The highest BCUT2D eigenvalue weighted by atomic mass is 16.2. The van der Waals surface area contributed by atoms with E-state index in [2.05, 4.69) is 10.1 Å². The number of fused-ring (bicyclic) bond motifs is 1. The Morgan fingerprint density at radius 1 is 1.29 bits per heavy atom. The number of nitrogens with zero attached hydrogens (tertiary/aromatic N) is 5. The number of imidazole rings is 1. The van der Waals surface area contributed by atoms with Crippen molar-refractivity contribution in [3.63, 3.8) is 0 Å². The van der Waals surface area contributed by atoms with Gasteiger partial charge in [-0.15, -0.1) is 0 Å². The highest BCUT2D eigenvalue weighted by Crippen LogP contribution is 2.24. The van der Waals surface area contributed by atoms with Gasteiger partial charge in [0.2, 0.25) is 5.91 Å². The average Bonchev–Trinajstić information content (AvgIpc) is 3.30. The number of para-hydroxylation sites is 2. The first kappa shape index (κ1) is 14.9. The summed E-state index contributed by atoms with van der Waals surface area (Å²) in [5, 5.41) is 4.33. The Balaban J connectivity index is 1.54. The molecule has 0 radical (unpaired) electrons. The molecule has 1 aliphatic rings. The molecular weight excluding hydrogens is 302 g/mol. The summed E-state index contributed by atoms with van der Waals surface area (Å²) in [6.45, 7) is 3.49. The monoisotopic (exact) mass is 323 g/mol. The van der Waals surface area contributed by atoms with Crippen LogP contribution in [-0.4, -0.2) is 43.2 Å². The minimum Gasteiger partial charge on any atom is -0.339 e. The van der Waals surface area contributed by atoms with Gasteiger partial charge in [0, 0.05) is 25.5 Å². The molecule has 3 aromatic rings. The number of carbonyl (C=O) groups is 1. The summed E-state index contributed by atoms with van der Waals surface area (Å²) < 4.78 is 3.94. The van der Waals surface area contributed by atoms with E-state index in [1.54, 1.807) is 12.5 Å². The summed E-state index contributed by atoms with van der Waals surface area (Å²) in [5.74, 6) is 0.148. The van der Waals surface area contributed by atoms with Crippen molar-refractivity contribution >= 4 is 16.9 Å². The van der Waals surface area contributed by atoms with Crippen LogP contribution >= 0.6 is 0 Å². The number of carbonyl (C=O) groups excluding carboxylic acids is 1. The molecule has 0 aliphatic carbocycles. The first-order valence-electron chi connectivity index (χ1n) is 8.43. The van der Waals surface area contributed by atoms with Gasteiger partial charge in [-0.05, 0) is 38.0 Å². The van der Waals surface area contributed by atoms with Gasteiger partial charge in [-0.3, -0.25) is 9.48 Å². The zero-order chi connectivity index (χ0) is 16.5. The Hall–Kier alpha value is -2.63. The van der Waals surface area contributed by atoms with Gasteiger partial charge < -0.3 is 9.47 Å². The van der Waals surface area contributed by atoms with E-state index < -0.39 is 0 Å². The van der Waals surface area contributed by atoms with Crippen LogP contribution in [0.2, 0.25) is 0 Å². The smallest absolute Gasteiger partial charge is 0.245 e. The van der Waals surface area contributed by atoms with Crippen LogP contribution < -0.4 is 0 Å². The third kappa shape index (κ3) is 2.58. The second-order valence-corrected chi connectivity index (χ2v) is 6.38. The third-order valence-corrected chi connectivity index (χ3v) is 4.86. The Morgan fingerprint density at radius 2 is 2.17 bits per heavy atom. The molecule has 0 N–H and O–H groups in total. The highest BCUT2D eigenvalue weighted by Gasteiger charge is 2.29. The maximum Gasteiger partial charge on any atom is 0.245 e. The lowest BCUT2D eigenvalue weighted by atomic mass is 10.0. The summed E-state index contributed by atoms with van der Waals surface area (Å²) in [4.78, 5) is 19.4. The van der Waals surface area contributed by atoms with Crippen LogP contribution in [0.4, 0.5) is 0 Å². The molecule has 2 aromatic heterocycles. The molecule has 6 heteroatoms. The molecule has 124 valence electrons.